The van der Waals surface area contributed by atoms with E-state index < -0.39 is 0 Å². The van der Waals surface area contributed by atoms with E-state index in [4.69, 9.17) is 18.0 Å². The highest BCUT2D eigenvalue weighted by atomic mass is 79.9. The fraction of sp³-hybridized carbons (Fsp3) is 0.154. The molecular weight excluding hydrogens is 340 g/mol. The monoisotopic (exact) mass is 352 g/mol. The number of amides is 1. The zero-order chi connectivity index (χ0) is 14.9. The number of halogens is 1. The number of benzene rings is 1. The van der Waals surface area contributed by atoms with E-state index in [1.807, 2.05) is 13.0 Å². The van der Waals surface area contributed by atoms with Crippen LogP contribution >= 0.6 is 28.1 Å². The Morgan fingerprint density at radius 1 is 1.45 bits per heavy atom. The van der Waals surface area contributed by atoms with Gasteiger partial charge in [-0.15, -0.1) is 0 Å². The molecule has 0 aliphatic heterocycles. The van der Waals surface area contributed by atoms with Crippen molar-refractivity contribution in [3.63, 3.8) is 0 Å². The van der Waals surface area contributed by atoms with Crippen LogP contribution in [0.4, 0.5) is 5.69 Å². The SMILES string of the molecule is Cc1c(C(=O)Nc2ccc(Br)cc2C(N)=S)cnn1C. The molecule has 1 aromatic carbocycles. The number of nitrogens with one attached hydrogen (secondary N) is 1. The van der Waals surface area contributed by atoms with Crippen LogP contribution in [0.15, 0.2) is 28.9 Å². The highest BCUT2D eigenvalue weighted by Gasteiger charge is 2.15. The van der Waals surface area contributed by atoms with Crippen LogP contribution in [0.5, 0.6) is 0 Å². The minimum Gasteiger partial charge on any atom is -0.389 e. The Kier molecular flexibility index (Phi) is 4.20. The summed E-state index contributed by atoms with van der Waals surface area (Å²) in [5, 5.41) is 6.86. The fourth-order valence-corrected chi connectivity index (χ4v) is 2.27. The second-order valence-electron chi connectivity index (χ2n) is 4.28. The second kappa shape index (κ2) is 5.72. The number of nitrogens with zero attached hydrogens (tertiary/aromatic N) is 2. The van der Waals surface area contributed by atoms with Gasteiger partial charge in [0.05, 0.1) is 17.4 Å². The third kappa shape index (κ3) is 2.88. The number of rotatable bonds is 3. The van der Waals surface area contributed by atoms with E-state index in [1.54, 1.807) is 23.9 Å². The van der Waals surface area contributed by atoms with Crippen molar-refractivity contribution in [1.29, 1.82) is 0 Å². The summed E-state index contributed by atoms with van der Waals surface area (Å²) < 4.78 is 2.49. The molecule has 3 N–H and O–H groups in total. The number of anilines is 1. The molecule has 0 saturated carbocycles. The van der Waals surface area contributed by atoms with E-state index in [9.17, 15) is 4.79 Å². The van der Waals surface area contributed by atoms with Gasteiger partial charge in [-0.1, -0.05) is 28.1 Å². The molecule has 0 fully saturated rings. The maximum absolute atomic E-state index is 12.2. The molecule has 20 heavy (non-hydrogen) atoms. The fourth-order valence-electron chi connectivity index (χ4n) is 1.74. The molecule has 104 valence electrons. The van der Waals surface area contributed by atoms with Crippen molar-refractivity contribution >= 4 is 44.7 Å². The van der Waals surface area contributed by atoms with Gasteiger partial charge >= 0.3 is 0 Å². The van der Waals surface area contributed by atoms with Crippen molar-refractivity contribution in [2.75, 3.05) is 5.32 Å². The molecule has 1 heterocycles. The first kappa shape index (κ1) is 14.7. The molecule has 0 unspecified atom stereocenters. The maximum atomic E-state index is 12.2. The summed E-state index contributed by atoms with van der Waals surface area (Å²) in [6.07, 6.45) is 1.53. The highest BCUT2D eigenvalue weighted by molar-refractivity contribution is 9.10. The summed E-state index contributed by atoms with van der Waals surface area (Å²) in [4.78, 5) is 12.5. The van der Waals surface area contributed by atoms with Crippen molar-refractivity contribution in [1.82, 2.24) is 9.78 Å². The van der Waals surface area contributed by atoms with Gasteiger partial charge in [0, 0.05) is 22.8 Å². The quantitative estimate of drug-likeness (QED) is 0.831. The molecule has 0 atom stereocenters. The lowest BCUT2D eigenvalue weighted by atomic mass is 10.1. The van der Waals surface area contributed by atoms with Crippen molar-refractivity contribution < 1.29 is 4.79 Å². The minimum atomic E-state index is -0.240. The van der Waals surface area contributed by atoms with E-state index >= 15 is 0 Å². The molecule has 1 aromatic heterocycles. The molecule has 0 aliphatic rings. The number of aromatic nitrogens is 2. The predicted molar refractivity (Wildman–Crippen MR) is 85.9 cm³/mol. The van der Waals surface area contributed by atoms with Crippen LogP contribution in [0.2, 0.25) is 0 Å². The lowest BCUT2D eigenvalue weighted by molar-refractivity contribution is 0.102. The number of carbonyl (C=O) groups excluding carboxylic acids is 1. The molecule has 0 aliphatic carbocycles. The van der Waals surface area contributed by atoms with E-state index in [2.05, 4.69) is 26.3 Å². The summed E-state index contributed by atoms with van der Waals surface area (Å²) in [5.74, 6) is -0.240. The average molecular weight is 353 g/mol. The predicted octanol–water partition coefficient (Wildman–Crippen LogP) is 2.38. The first-order valence-corrected chi connectivity index (χ1v) is 6.99. The Labute approximate surface area is 130 Å². The largest absolute Gasteiger partial charge is 0.389 e. The molecule has 1 amide bonds. The van der Waals surface area contributed by atoms with Gasteiger partial charge in [-0.25, -0.2) is 0 Å². The smallest absolute Gasteiger partial charge is 0.259 e. The van der Waals surface area contributed by atoms with Gasteiger partial charge in [-0.3, -0.25) is 9.48 Å². The number of hydrogen-bond donors (Lipinski definition) is 2. The third-order valence-corrected chi connectivity index (χ3v) is 3.69. The van der Waals surface area contributed by atoms with Crippen LogP contribution in [0, 0.1) is 6.92 Å². The average Bonchev–Trinajstić information content (AvgIpc) is 2.72. The summed E-state index contributed by atoms with van der Waals surface area (Å²) in [7, 11) is 1.78. The van der Waals surface area contributed by atoms with Crippen LogP contribution in [0.25, 0.3) is 0 Å². The number of aryl methyl sites for hydroxylation is 1. The van der Waals surface area contributed by atoms with E-state index in [0.717, 1.165) is 10.2 Å². The van der Waals surface area contributed by atoms with Gasteiger partial charge in [-0.2, -0.15) is 5.10 Å². The van der Waals surface area contributed by atoms with Gasteiger partial charge in [0.25, 0.3) is 5.91 Å². The van der Waals surface area contributed by atoms with Crippen molar-refractivity contribution in [3.05, 3.63) is 45.7 Å². The standard InChI is InChI=1S/C13H13BrN4OS/c1-7-10(6-16-18(7)2)13(19)17-11-4-3-8(14)5-9(11)12(15)20/h3-6H,1-2H3,(H2,15,20)(H,17,19). The third-order valence-electron chi connectivity index (χ3n) is 2.98. The molecule has 2 rings (SSSR count). The maximum Gasteiger partial charge on any atom is 0.259 e. The topological polar surface area (TPSA) is 72.9 Å². The van der Waals surface area contributed by atoms with Gasteiger partial charge in [0.2, 0.25) is 0 Å². The number of thiocarbonyl (C=S) groups is 1. The summed E-state index contributed by atoms with van der Waals surface area (Å²) in [5.41, 5.74) is 8.17. The lowest BCUT2D eigenvalue weighted by Crippen LogP contribution is -2.18. The van der Waals surface area contributed by atoms with Crippen LogP contribution in [-0.4, -0.2) is 20.7 Å². The Morgan fingerprint density at radius 3 is 2.70 bits per heavy atom. The number of carbonyl (C=O) groups is 1. The molecule has 0 radical (unpaired) electrons. The molecule has 0 bridgehead atoms. The van der Waals surface area contributed by atoms with Crippen molar-refractivity contribution in [2.45, 2.75) is 6.92 Å². The van der Waals surface area contributed by atoms with Crippen molar-refractivity contribution in [3.8, 4) is 0 Å². The zero-order valence-corrected chi connectivity index (χ0v) is 13.4. The van der Waals surface area contributed by atoms with E-state index in [0.29, 0.717) is 16.8 Å². The summed E-state index contributed by atoms with van der Waals surface area (Å²) in [6.45, 7) is 1.83. The Hall–Kier alpha value is -1.73. The van der Waals surface area contributed by atoms with Crippen LogP contribution < -0.4 is 11.1 Å². The van der Waals surface area contributed by atoms with Crippen molar-refractivity contribution in [2.24, 2.45) is 12.8 Å². The van der Waals surface area contributed by atoms with Crippen LogP contribution in [0.1, 0.15) is 21.6 Å². The Balaban J connectivity index is 2.33. The molecule has 0 saturated heterocycles. The molecule has 0 spiro atoms. The lowest BCUT2D eigenvalue weighted by Gasteiger charge is -2.10. The first-order valence-electron chi connectivity index (χ1n) is 5.79. The molecular formula is C13H13BrN4OS. The first-order chi connectivity index (χ1) is 9.40. The van der Waals surface area contributed by atoms with Crippen LogP contribution in [-0.2, 0) is 7.05 Å². The minimum absolute atomic E-state index is 0.226. The highest BCUT2D eigenvalue weighted by Crippen LogP contribution is 2.22. The van der Waals surface area contributed by atoms with E-state index in [1.165, 1.54) is 6.20 Å². The summed E-state index contributed by atoms with van der Waals surface area (Å²) in [6, 6.07) is 5.34. The second-order valence-corrected chi connectivity index (χ2v) is 5.63. The zero-order valence-electron chi connectivity index (χ0n) is 11.0. The number of nitrogens with two attached hydrogens (primary N) is 1. The Bertz CT molecular complexity index is 696. The van der Waals surface area contributed by atoms with Gasteiger partial charge in [0.15, 0.2) is 0 Å². The molecule has 7 heteroatoms. The van der Waals surface area contributed by atoms with Gasteiger partial charge in [0.1, 0.15) is 4.99 Å². The molecule has 2 aromatic rings. The Morgan fingerprint density at radius 2 is 2.15 bits per heavy atom. The normalized spacial score (nSPS) is 10.3. The van der Waals surface area contributed by atoms with E-state index in [-0.39, 0.29) is 10.9 Å². The summed E-state index contributed by atoms with van der Waals surface area (Å²) >= 11 is 8.35. The van der Waals surface area contributed by atoms with Crippen LogP contribution in [0.3, 0.4) is 0 Å². The number of hydrogen-bond acceptors (Lipinski definition) is 3. The molecule has 5 nitrogen and oxygen atoms in total. The van der Waals surface area contributed by atoms with Gasteiger partial charge < -0.3 is 11.1 Å². The van der Waals surface area contributed by atoms with Gasteiger partial charge in [-0.05, 0) is 25.1 Å².